The predicted molar refractivity (Wildman–Crippen MR) is 79.2 cm³/mol. The lowest BCUT2D eigenvalue weighted by molar-refractivity contribution is -0.122. The Hall–Kier alpha value is -2.43. The highest BCUT2D eigenvalue weighted by molar-refractivity contribution is 6.01. The molecule has 1 amide bonds. The van der Waals surface area contributed by atoms with E-state index in [9.17, 15) is 14.4 Å². The highest BCUT2D eigenvalue weighted by Crippen LogP contribution is 2.37. The van der Waals surface area contributed by atoms with Crippen molar-refractivity contribution in [1.82, 2.24) is 5.32 Å². The summed E-state index contributed by atoms with van der Waals surface area (Å²) in [6, 6.07) is 6.92. The van der Waals surface area contributed by atoms with Gasteiger partial charge in [0.1, 0.15) is 0 Å². The summed E-state index contributed by atoms with van der Waals surface area (Å²) in [5.41, 5.74) is 2.84. The lowest BCUT2D eigenvalue weighted by Crippen LogP contribution is -2.36. The maximum absolute atomic E-state index is 12.3. The van der Waals surface area contributed by atoms with E-state index >= 15 is 0 Å². The van der Waals surface area contributed by atoms with Gasteiger partial charge in [-0.1, -0.05) is 12.1 Å². The quantitative estimate of drug-likeness (QED) is 0.849. The number of Topliss-reactive ketones (excluding diaryl/α,β-unsaturated/α-hetero) is 1. The maximum Gasteiger partial charge on any atom is 0.337 e. The Kier molecular flexibility index (Phi) is 3.79. The van der Waals surface area contributed by atoms with Crippen LogP contribution in [0.15, 0.2) is 35.5 Å². The Bertz CT molecular complexity index is 672. The second-order valence-corrected chi connectivity index (χ2v) is 5.59. The summed E-state index contributed by atoms with van der Waals surface area (Å²) in [5.74, 6) is -0.566. The Balaban J connectivity index is 1.97. The number of rotatable bonds is 2. The van der Waals surface area contributed by atoms with Gasteiger partial charge in [-0.05, 0) is 30.5 Å². The van der Waals surface area contributed by atoms with Crippen LogP contribution in [0.2, 0.25) is 0 Å². The highest BCUT2D eigenvalue weighted by atomic mass is 16.5. The van der Waals surface area contributed by atoms with Crippen LogP contribution in [-0.2, 0) is 14.3 Å². The number of benzene rings is 1. The van der Waals surface area contributed by atoms with Gasteiger partial charge in [0.15, 0.2) is 5.78 Å². The molecule has 1 aromatic carbocycles. The third kappa shape index (κ3) is 2.54. The maximum atomic E-state index is 12.3. The third-order valence-corrected chi connectivity index (χ3v) is 4.22. The summed E-state index contributed by atoms with van der Waals surface area (Å²) in [5, 5.41) is 2.83. The van der Waals surface area contributed by atoms with Crippen LogP contribution >= 0.6 is 0 Å². The number of carbonyl (C=O) groups is 3. The van der Waals surface area contributed by atoms with Gasteiger partial charge in [-0.2, -0.15) is 0 Å². The number of allylic oxidation sites excluding steroid dienone is 2. The molecule has 0 fully saturated rings. The predicted octanol–water partition coefficient (Wildman–Crippen LogP) is 2.08. The van der Waals surface area contributed by atoms with Crippen molar-refractivity contribution in [1.29, 1.82) is 0 Å². The molecule has 114 valence electrons. The van der Waals surface area contributed by atoms with Crippen LogP contribution in [0.5, 0.6) is 0 Å². The van der Waals surface area contributed by atoms with Gasteiger partial charge in [-0.3, -0.25) is 9.59 Å². The number of carbonyl (C=O) groups excluding carboxylic acids is 3. The fraction of sp³-hybridized carbons (Fsp3) is 0.353. The summed E-state index contributed by atoms with van der Waals surface area (Å²) >= 11 is 0. The molecule has 1 heterocycles. The molecule has 0 bridgehead atoms. The van der Waals surface area contributed by atoms with Crippen LogP contribution in [0.1, 0.15) is 47.5 Å². The van der Waals surface area contributed by atoms with E-state index in [0.29, 0.717) is 12.0 Å². The molecule has 5 heteroatoms. The van der Waals surface area contributed by atoms with Crippen molar-refractivity contribution in [3.8, 4) is 0 Å². The van der Waals surface area contributed by atoms with Gasteiger partial charge in [-0.15, -0.1) is 0 Å². The summed E-state index contributed by atoms with van der Waals surface area (Å²) in [6.45, 7) is 0. The minimum Gasteiger partial charge on any atom is -0.465 e. The molecule has 5 nitrogen and oxygen atoms in total. The number of methoxy groups -OCH3 is 1. The van der Waals surface area contributed by atoms with Gasteiger partial charge in [0.25, 0.3) is 0 Å². The summed E-state index contributed by atoms with van der Waals surface area (Å²) in [4.78, 5) is 35.6. The summed E-state index contributed by atoms with van der Waals surface area (Å²) in [6.07, 6.45) is 2.32. The Morgan fingerprint density at radius 2 is 1.91 bits per heavy atom. The molecule has 2 aliphatic rings. The number of hydrogen-bond donors (Lipinski definition) is 1. The van der Waals surface area contributed by atoms with Crippen LogP contribution in [-0.4, -0.2) is 24.8 Å². The van der Waals surface area contributed by atoms with Gasteiger partial charge in [0.05, 0.1) is 12.7 Å². The largest absolute Gasteiger partial charge is 0.465 e. The summed E-state index contributed by atoms with van der Waals surface area (Å²) < 4.78 is 4.68. The van der Waals surface area contributed by atoms with Crippen molar-refractivity contribution in [2.45, 2.75) is 31.6 Å². The second kappa shape index (κ2) is 5.75. The molecule has 1 aromatic rings. The molecule has 22 heavy (non-hydrogen) atoms. The number of ketones is 1. The van der Waals surface area contributed by atoms with Gasteiger partial charge in [0, 0.05) is 30.0 Å². The Labute approximate surface area is 128 Å². The van der Waals surface area contributed by atoms with Crippen molar-refractivity contribution in [3.05, 3.63) is 46.7 Å². The molecule has 1 aliphatic carbocycles. The molecule has 0 saturated carbocycles. The monoisotopic (exact) mass is 299 g/mol. The van der Waals surface area contributed by atoms with Crippen LogP contribution in [0.25, 0.3) is 0 Å². The SMILES string of the molecule is COC(=O)c1ccc([C@H]2CC(=O)NC3=C2C(=O)CCC3)cc1. The zero-order chi connectivity index (χ0) is 15.7. The molecule has 0 unspecified atom stereocenters. The smallest absolute Gasteiger partial charge is 0.337 e. The number of nitrogens with one attached hydrogen (secondary N) is 1. The molecule has 1 N–H and O–H groups in total. The minimum atomic E-state index is -0.401. The van der Waals surface area contributed by atoms with Crippen molar-refractivity contribution in [3.63, 3.8) is 0 Å². The first kappa shape index (κ1) is 14.5. The highest BCUT2D eigenvalue weighted by Gasteiger charge is 2.34. The van der Waals surface area contributed by atoms with E-state index in [1.165, 1.54) is 7.11 Å². The van der Waals surface area contributed by atoms with E-state index in [4.69, 9.17) is 0 Å². The Morgan fingerprint density at radius 3 is 2.59 bits per heavy atom. The topological polar surface area (TPSA) is 72.5 Å². The van der Waals surface area contributed by atoms with E-state index in [1.807, 2.05) is 0 Å². The summed E-state index contributed by atoms with van der Waals surface area (Å²) in [7, 11) is 1.33. The fourth-order valence-corrected chi connectivity index (χ4v) is 3.16. The number of esters is 1. The lowest BCUT2D eigenvalue weighted by Gasteiger charge is -2.31. The van der Waals surface area contributed by atoms with Gasteiger partial charge in [0.2, 0.25) is 5.91 Å². The second-order valence-electron chi connectivity index (χ2n) is 5.59. The molecule has 0 aromatic heterocycles. The zero-order valence-corrected chi connectivity index (χ0v) is 12.3. The number of hydrogen-bond acceptors (Lipinski definition) is 4. The van der Waals surface area contributed by atoms with Crippen LogP contribution < -0.4 is 5.32 Å². The van der Waals surface area contributed by atoms with Crippen LogP contribution in [0.3, 0.4) is 0 Å². The standard InChI is InChI=1S/C17H17NO4/c1-22-17(21)11-7-5-10(6-8-11)12-9-15(20)18-13-3-2-4-14(19)16(12)13/h5-8,12H,2-4,9H2,1H3,(H,18,20)/t12-/m1/s1. The van der Waals surface area contributed by atoms with Gasteiger partial charge < -0.3 is 10.1 Å². The minimum absolute atomic E-state index is 0.0597. The van der Waals surface area contributed by atoms with Gasteiger partial charge >= 0.3 is 5.97 Å². The van der Waals surface area contributed by atoms with E-state index in [2.05, 4.69) is 10.1 Å². The normalized spacial score (nSPS) is 21.2. The van der Waals surface area contributed by atoms with Gasteiger partial charge in [-0.25, -0.2) is 4.79 Å². The van der Waals surface area contributed by atoms with E-state index in [0.717, 1.165) is 29.7 Å². The molecular formula is C17H17NO4. The average Bonchev–Trinajstić information content (AvgIpc) is 2.53. The van der Waals surface area contributed by atoms with Crippen molar-refractivity contribution in [2.24, 2.45) is 0 Å². The molecule has 0 saturated heterocycles. The number of ether oxygens (including phenoxy) is 1. The third-order valence-electron chi connectivity index (χ3n) is 4.22. The van der Waals surface area contributed by atoms with E-state index < -0.39 is 5.97 Å². The molecule has 0 radical (unpaired) electrons. The molecule has 0 spiro atoms. The van der Waals surface area contributed by atoms with Crippen LogP contribution in [0, 0.1) is 0 Å². The van der Waals surface area contributed by atoms with Crippen LogP contribution in [0.4, 0.5) is 0 Å². The first-order valence-electron chi connectivity index (χ1n) is 7.34. The molecule has 1 atom stereocenters. The van der Waals surface area contributed by atoms with E-state index in [1.54, 1.807) is 24.3 Å². The van der Waals surface area contributed by atoms with Crippen molar-refractivity contribution >= 4 is 17.7 Å². The molecule has 3 rings (SSSR count). The zero-order valence-electron chi connectivity index (χ0n) is 12.3. The first-order valence-corrected chi connectivity index (χ1v) is 7.34. The molecule has 1 aliphatic heterocycles. The van der Waals surface area contributed by atoms with E-state index in [-0.39, 0.29) is 24.0 Å². The lowest BCUT2D eigenvalue weighted by atomic mass is 9.78. The number of amides is 1. The van der Waals surface area contributed by atoms with Crippen molar-refractivity contribution < 1.29 is 19.1 Å². The van der Waals surface area contributed by atoms with Crippen molar-refractivity contribution in [2.75, 3.05) is 7.11 Å². The molecular weight excluding hydrogens is 282 g/mol. The fourth-order valence-electron chi connectivity index (χ4n) is 3.16. The average molecular weight is 299 g/mol. The first-order chi connectivity index (χ1) is 10.6. The Morgan fingerprint density at radius 1 is 1.18 bits per heavy atom.